The van der Waals surface area contributed by atoms with Crippen LogP contribution in [-0.2, 0) is 11.3 Å². The summed E-state index contributed by atoms with van der Waals surface area (Å²) in [6, 6.07) is 0. The zero-order valence-electron chi connectivity index (χ0n) is 8.93. The first-order valence-corrected chi connectivity index (χ1v) is 4.52. The van der Waals surface area contributed by atoms with Crippen molar-refractivity contribution in [3.63, 3.8) is 0 Å². The zero-order chi connectivity index (χ0) is 12.3. The minimum Gasteiger partial charge on any atom is -0.478 e. The molecule has 2 N–H and O–H groups in total. The fourth-order valence-electron chi connectivity index (χ4n) is 1.35. The number of nitrogens with zero attached hydrogens (tertiary/aromatic N) is 2. The molecule has 1 rings (SSSR count). The Bertz CT molecular complexity index is 424. The Morgan fingerprint density at radius 3 is 2.38 bits per heavy atom. The molecule has 0 fully saturated rings. The first-order valence-electron chi connectivity index (χ1n) is 4.52. The van der Waals surface area contributed by atoms with Gasteiger partial charge in [-0.05, 0) is 6.92 Å². The summed E-state index contributed by atoms with van der Waals surface area (Å²) in [5, 5.41) is 21.4. The number of carbonyl (C=O) groups is 2. The summed E-state index contributed by atoms with van der Waals surface area (Å²) in [7, 11) is 1.50. The van der Waals surface area contributed by atoms with Crippen LogP contribution in [0, 0.1) is 6.92 Å². The van der Waals surface area contributed by atoms with Crippen molar-refractivity contribution >= 4 is 11.9 Å². The molecule has 0 radical (unpaired) electrons. The molecule has 7 heteroatoms. The van der Waals surface area contributed by atoms with Gasteiger partial charge in [0.1, 0.15) is 5.56 Å². The molecular formula is C9H12N2O5. The minimum absolute atomic E-state index is 0.274. The van der Waals surface area contributed by atoms with Crippen molar-refractivity contribution in [1.29, 1.82) is 0 Å². The highest BCUT2D eigenvalue weighted by molar-refractivity contribution is 6.01. The number of ether oxygens (including phenoxy) is 1. The van der Waals surface area contributed by atoms with E-state index in [0.717, 1.165) is 0 Å². The molecule has 88 valence electrons. The molecule has 0 unspecified atom stereocenters. The first kappa shape index (κ1) is 12.2. The summed E-state index contributed by atoms with van der Waals surface area (Å²) in [6.45, 7) is 2.16. The predicted molar refractivity (Wildman–Crippen MR) is 52.8 cm³/mol. The second kappa shape index (κ2) is 4.75. The van der Waals surface area contributed by atoms with Gasteiger partial charge in [0.2, 0.25) is 0 Å². The molecule has 1 aromatic rings. The molecular weight excluding hydrogens is 216 g/mol. The van der Waals surface area contributed by atoms with Crippen molar-refractivity contribution in [3.05, 3.63) is 17.0 Å². The molecule has 0 aliphatic rings. The fourth-order valence-corrected chi connectivity index (χ4v) is 1.35. The summed E-state index contributed by atoms with van der Waals surface area (Å²) < 4.78 is 6.13. The molecule has 0 aromatic carbocycles. The van der Waals surface area contributed by atoms with Crippen molar-refractivity contribution in [1.82, 2.24) is 9.78 Å². The van der Waals surface area contributed by atoms with E-state index in [0.29, 0.717) is 18.8 Å². The average Bonchev–Trinajstić information content (AvgIpc) is 2.53. The maximum absolute atomic E-state index is 10.9. The second-order valence-corrected chi connectivity index (χ2v) is 3.14. The Balaban J connectivity index is 3.19. The van der Waals surface area contributed by atoms with Gasteiger partial charge in [-0.3, -0.25) is 4.68 Å². The van der Waals surface area contributed by atoms with Crippen LogP contribution in [-0.4, -0.2) is 45.6 Å². The van der Waals surface area contributed by atoms with Crippen LogP contribution in [0.25, 0.3) is 0 Å². The van der Waals surface area contributed by atoms with E-state index in [2.05, 4.69) is 5.10 Å². The Kier molecular flexibility index (Phi) is 3.62. The largest absolute Gasteiger partial charge is 0.478 e. The quantitative estimate of drug-likeness (QED) is 0.748. The van der Waals surface area contributed by atoms with Gasteiger partial charge in [0.05, 0.1) is 18.8 Å². The molecule has 0 atom stereocenters. The summed E-state index contributed by atoms with van der Waals surface area (Å²) in [4.78, 5) is 21.7. The molecule has 16 heavy (non-hydrogen) atoms. The third-order valence-corrected chi connectivity index (χ3v) is 2.13. The van der Waals surface area contributed by atoms with Crippen molar-refractivity contribution in [2.24, 2.45) is 0 Å². The number of aromatic carboxylic acids is 2. The third-order valence-electron chi connectivity index (χ3n) is 2.13. The molecule has 1 heterocycles. The van der Waals surface area contributed by atoms with E-state index in [1.165, 1.54) is 18.7 Å². The van der Waals surface area contributed by atoms with Crippen LogP contribution in [0.5, 0.6) is 0 Å². The molecule has 0 aliphatic carbocycles. The lowest BCUT2D eigenvalue weighted by Gasteiger charge is -2.02. The average molecular weight is 228 g/mol. The maximum Gasteiger partial charge on any atom is 0.357 e. The number of carboxylic acids is 2. The van der Waals surface area contributed by atoms with Gasteiger partial charge < -0.3 is 14.9 Å². The summed E-state index contributed by atoms with van der Waals surface area (Å²) in [5.74, 6) is -2.64. The fraction of sp³-hybridized carbons (Fsp3) is 0.444. The van der Waals surface area contributed by atoms with Crippen molar-refractivity contribution < 1.29 is 24.5 Å². The monoisotopic (exact) mass is 228 g/mol. The van der Waals surface area contributed by atoms with E-state index in [9.17, 15) is 9.59 Å². The molecule has 0 saturated carbocycles. The summed E-state index contributed by atoms with van der Waals surface area (Å²) in [6.07, 6.45) is 0. The van der Waals surface area contributed by atoms with Gasteiger partial charge in [-0.25, -0.2) is 9.59 Å². The zero-order valence-corrected chi connectivity index (χ0v) is 8.93. The van der Waals surface area contributed by atoms with Gasteiger partial charge in [-0.2, -0.15) is 5.10 Å². The highest BCUT2D eigenvalue weighted by atomic mass is 16.5. The van der Waals surface area contributed by atoms with Gasteiger partial charge in [0.15, 0.2) is 5.69 Å². The Labute approximate surface area is 91.3 Å². The van der Waals surface area contributed by atoms with Crippen LogP contribution >= 0.6 is 0 Å². The second-order valence-electron chi connectivity index (χ2n) is 3.14. The van der Waals surface area contributed by atoms with Crippen molar-refractivity contribution in [3.8, 4) is 0 Å². The molecule has 0 spiro atoms. The molecule has 0 aliphatic heterocycles. The van der Waals surface area contributed by atoms with Gasteiger partial charge >= 0.3 is 11.9 Å². The van der Waals surface area contributed by atoms with Crippen LogP contribution in [0.3, 0.4) is 0 Å². The van der Waals surface area contributed by atoms with E-state index < -0.39 is 17.6 Å². The van der Waals surface area contributed by atoms with Crippen molar-refractivity contribution in [2.75, 3.05) is 13.7 Å². The molecule has 1 aromatic heterocycles. The van der Waals surface area contributed by atoms with E-state index >= 15 is 0 Å². The lowest BCUT2D eigenvalue weighted by molar-refractivity contribution is 0.0647. The number of aromatic nitrogens is 2. The highest BCUT2D eigenvalue weighted by Crippen LogP contribution is 2.13. The van der Waals surface area contributed by atoms with Crippen molar-refractivity contribution in [2.45, 2.75) is 13.5 Å². The number of hydrogen-bond donors (Lipinski definition) is 2. The van der Waals surface area contributed by atoms with Crippen LogP contribution in [0.15, 0.2) is 0 Å². The SMILES string of the molecule is COCCn1nc(C(=O)O)c(C(=O)O)c1C. The normalized spacial score (nSPS) is 10.4. The number of methoxy groups -OCH3 is 1. The minimum atomic E-state index is -1.35. The number of rotatable bonds is 5. The topological polar surface area (TPSA) is 102 Å². The standard InChI is InChI=1S/C9H12N2O5/c1-5-6(8(12)13)7(9(14)15)10-11(5)3-4-16-2/h3-4H2,1-2H3,(H,12,13)(H,14,15). The summed E-state index contributed by atoms with van der Waals surface area (Å²) >= 11 is 0. The van der Waals surface area contributed by atoms with Crippen LogP contribution < -0.4 is 0 Å². The van der Waals surface area contributed by atoms with Gasteiger partial charge in [-0.15, -0.1) is 0 Å². The highest BCUT2D eigenvalue weighted by Gasteiger charge is 2.24. The van der Waals surface area contributed by atoms with Gasteiger partial charge in [-0.1, -0.05) is 0 Å². The van der Waals surface area contributed by atoms with E-state index in [4.69, 9.17) is 14.9 Å². The van der Waals surface area contributed by atoms with Crippen LogP contribution in [0.4, 0.5) is 0 Å². The van der Waals surface area contributed by atoms with Gasteiger partial charge in [0, 0.05) is 7.11 Å². The number of hydrogen-bond acceptors (Lipinski definition) is 4. The van der Waals surface area contributed by atoms with E-state index in [-0.39, 0.29) is 5.56 Å². The lowest BCUT2D eigenvalue weighted by atomic mass is 10.2. The van der Waals surface area contributed by atoms with Crippen LogP contribution in [0.1, 0.15) is 26.5 Å². The Hall–Kier alpha value is -1.89. The maximum atomic E-state index is 10.9. The van der Waals surface area contributed by atoms with Crippen LogP contribution in [0.2, 0.25) is 0 Å². The molecule has 7 nitrogen and oxygen atoms in total. The predicted octanol–water partition coefficient (Wildman–Crippen LogP) is 0.234. The van der Waals surface area contributed by atoms with E-state index in [1.807, 2.05) is 0 Å². The Morgan fingerprint density at radius 1 is 1.38 bits per heavy atom. The Morgan fingerprint density at radius 2 is 2.00 bits per heavy atom. The molecule has 0 bridgehead atoms. The summed E-state index contributed by atoms with van der Waals surface area (Å²) in [5.41, 5.74) is -0.411. The molecule has 0 amide bonds. The third kappa shape index (κ3) is 2.19. The van der Waals surface area contributed by atoms with Gasteiger partial charge in [0.25, 0.3) is 0 Å². The number of carboxylic acid groups (broad SMARTS) is 2. The first-order chi connectivity index (χ1) is 7.49. The lowest BCUT2D eigenvalue weighted by Crippen LogP contribution is -2.08. The smallest absolute Gasteiger partial charge is 0.357 e. The molecule has 0 saturated heterocycles. The van der Waals surface area contributed by atoms with E-state index in [1.54, 1.807) is 0 Å².